The fraction of sp³-hybridized carbons (Fsp3) is 0.167. The number of anilines is 1. The van der Waals surface area contributed by atoms with Gasteiger partial charge in [-0.3, -0.25) is 9.35 Å². The van der Waals surface area contributed by atoms with Crippen LogP contribution in [0.25, 0.3) is 0 Å². The lowest BCUT2D eigenvalue weighted by Gasteiger charge is -2.05. The molecule has 0 radical (unpaired) electrons. The maximum Gasteiger partial charge on any atom is 0.325 e. The van der Waals surface area contributed by atoms with Crippen LogP contribution in [0.5, 0.6) is 5.75 Å². The van der Waals surface area contributed by atoms with Gasteiger partial charge in [-0.1, -0.05) is 30.4 Å². The normalized spacial score (nSPS) is 10.2. The molecule has 0 spiro atoms. The molecular weight excluding hydrogens is 358 g/mol. The Bertz CT molecular complexity index is 814. The lowest BCUT2D eigenvalue weighted by molar-refractivity contribution is -0.140. The van der Waals surface area contributed by atoms with E-state index in [9.17, 15) is 13.2 Å². The van der Waals surface area contributed by atoms with Crippen molar-refractivity contribution in [2.75, 3.05) is 18.5 Å². The average molecular weight is 379 g/mol. The minimum absolute atomic E-state index is 0.0666. The van der Waals surface area contributed by atoms with E-state index in [1.165, 1.54) is 30.3 Å². The largest absolute Gasteiger partial charge is 0.508 e. The summed E-state index contributed by atoms with van der Waals surface area (Å²) in [6.07, 6.45) is 1.51. The van der Waals surface area contributed by atoms with E-state index in [-0.39, 0.29) is 29.8 Å². The van der Waals surface area contributed by atoms with Gasteiger partial charge in [0.15, 0.2) is 0 Å². The Kier molecular flexibility index (Phi) is 8.33. The zero-order valence-electron chi connectivity index (χ0n) is 14.3. The van der Waals surface area contributed by atoms with E-state index in [4.69, 9.17) is 14.4 Å². The molecule has 3 N–H and O–H groups in total. The summed E-state index contributed by atoms with van der Waals surface area (Å²) >= 11 is 0. The molecule has 0 unspecified atom stereocenters. The van der Waals surface area contributed by atoms with E-state index in [1.807, 2.05) is 6.92 Å². The molecule has 7 nitrogen and oxygen atoms in total. The Morgan fingerprint density at radius 3 is 2.23 bits per heavy atom. The zero-order valence-corrected chi connectivity index (χ0v) is 15.1. The van der Waals surface area contributed by atoms with Crippen LogP contribution in [0.3, 0.4) is 0 Å². The van der Waals surface area contributed by atoms with Crippen LogP contribution in [0.15, 0.2) is 66.1 Å². The molecule has 26 heavy (non-hydrogen) atoms. The molecule has 2 rings (SSSR count). The molecule has 0 bridgehead atoms. The monoisotopic (exact) mass is 379 g/mol. The topological polar surface area (TPSA) is 113 Å². The number of hydrogen-bond acceptors (Lipinski definition) is 6. The molecule has 0 amide bonds. The molecule has 8 heteroatoms. The van der Waals surface area contributed by atoms with Crippen LogP contribution in [0.2, 0.25) is 0 Å². The maximum absolute atomic E-state index is 11.1. The number of ether oxygens (including phenoxy) is 1. The van der Waals surface area contributed by atoms with Crippen LogP contribution in [0, 0.1) is 6.92 Å². The third kappa shape index (κ3) is 8.32. The van der Waals surface area contributed by atoms with Crippen molar-refractivity contribution in [3.8, 4) is 5.75 Å². The number of carbonyl (C=O) groups is 1. The number of esters is 1. The highest BCUT2D eigenvalue weighted by Crippen LogP contribution is 2.13. The van der Waals surface area contributed by atoms with E-state index in [2.05, 4.69) is 11.9 Å². The molecule has 2 aromatic carbocycles. The number of benzene rings is 2. The first-order valence-corrected chi connectivity index (χ1v) is 9.00. The lowest BCUT2D eigenvalue weighted by atomic mass is 10.2. The van der Waals surface area contributed by atoms with Crippen molar-refractivity contribution in [1.29, 1.82) is 0 Å². The summed E-state index contributed by atoms with van der Waals surface area (Å²) in [6, 6.07) is 12.4. The van der Waals surface area contributed by atoms with E-state index in [1.54, 1.807) is 24.3 Å². The molecule has 0 aromatic heterocycles. The summed E-state index contributed by atoms with van der Waals surface area (Å²) in [5, 5.41) is 11.9. The van der Waals surface area contributed by atoms with Crippen LogP contribution in [-0.2, 0) is 19.6 Å². The fourth-order valence-electron chi connectivity index (χ4n) is 1.67. The number of hydrogen-bond donors (Lipinski definition) is 3. The first kappa shape index (κ1) is 21.2. The fourth-order valence-corrected chi connectivity index (χ4v) is 2.15. The number of rotatable bonds is 6. The first-order chi connectivity index (χ1) is 12.2. The molecule has 0 saturated heterocycles. The van der Waals surface area contributed by atoms with Gasteiger partial charge in [0.1, 0.15) is 18.9 Å². The zero-order chi connectivity index (χ0) is 19.6. The second kappa shape index (κ2) is 10.2. The van der Waals surface area contributed by atoms with Gasteiger partial charge in [0.25, 0.3) is 10.1 Å². The Hall–Kier alpha value is -2.84. The first-order valence-electron chi connectivity index (χ1n) is 7.56. The van der Waals surface area contributed by atoms with Crippen LogP contribution in [0.1, 0.15) is 5.56 Å². The van der Waals surface area contributed by atoms with Gasteiger partial charge in [-0.25, -0.2) is 0 Å². The predicted octanol–water partition coefficient (Wildman–Crippen LogP) is 2.78. The SMILES string of the molecule is C=CCOC(=O)CNc1ccc(O)cc1.Cc1ccc(S(=O)(=O)O)cc1. The highest BCUT2D eigenvalue weighted by Gasteiger charge is 2.06. The highest BCUT2D eigenvalue weighted by molar-refractivity contribution is 7.85. The molecule has 0 fully saturated rings. The van der Waals surface area contributed by atoms with Crippen molar-refractivity contribution >= 4 is 21.8 Å². The molecule has 140 valence electrons. The summed E-state index contributed by atoms with van der Waals surface area (Å²) in [7, 11) is -4.02. The van der Waals surface area contributed by atoms with E-state index in [0.717, 1.165) is 11.3 Å². The number of carbonyl (C=O) groups excluding carboxylic acids is 1. The van der Waals surface area contributed by atoms with Crippen molar-refractivity contribution in [2.45, 2.75) is 11.8 Å². The van der Waals surface area contributed by atoms with Crippen LogP contribution in [-0.4, -0.2) is 37.2 Å². The van der Waals surface area contributed by atoms with Crippen molar-refractivity contribution in [3.05, 3.63) is 66.7 Å². The number of aryl methyl sites for hydroxylation is 1. The van der Waals surface area contributed by atoms with Gasteiger partial charge in [-0.15, -0.1) is 0 Å². The van der Waals surface area contributed by atoms with Crippen molar-refractivity contribution in [1.82, 2.24) is 0 Å². The number of phenolic OH excluding ortho intramolecular Hbond substituents is 1. The summed E-state index contributed by atoms with van der Waals surface area (Å²) in [5.41, 5.74) is 1.71. The van der Waals surface area contributed by atoms with Gasteiger partial charge in [-0.05, 0) is 43.3 Å². The highest BCUT2D eigenvalue weighted by atomic mass is 32.2. The van der Waals surface area contributed by atoms with Crippen LogP contribution < -0.4 is 5.32 Å². The van der Waals surface area contributed by atoms with Gasteiger partial charge in [-0.2, -0.15) is 8.42 Å². The van der Waals surface area contributed by atoms with Crippen molar-refractivity contribution in [2.24, 2.45) is 0 Å². The third-order valence-electron chi connectivity index (χ3n) is 2.99. The van der Waals surface area contributed by atoms with Crippen LogP contribution in [0.4, 0.5) is 5.69 Å². The van der Waals surface area contributed by atoms with Gasteiger partial charge >= 0.3 is 5.97 Å². The summed E-state index contributed by atoms with van der Waals surface area (Å²) in [5.74, 6) is -0.155. The maximum atomic E-state index is 11.1. The van der Waals surface area contributed by atoms with Crippen molar-refractivity contribution < 1.29 is 27.6 Å². The Labute approximate surface area is 152 Å². The summed E-state index contributed by atoms with van der Waals surface area (Å²) in [6.45, 7) is 5.59. The van der Waals surface area contributed by atoms with Crippen molar-refractivity contribution in [3.63, 3.8) is 0 Å². The predicted molar refractivity (Wildman–Crippen MR) is 98.7 cm³/mol. The molecule has 0 saturated carbocycles. The van der Waals surface area contributed by atoms with E-state index in [0.29, 0.717) is 0 Å². The number of phenols is 1. The molecule has 0 atom stereocenters. The quantitative estimate of drug-likeness (QED) is 0.306. The third-order valence-corrected chi connectivity index (χ3v) is 3.85. The minimum Gasteiger partial charge on any atom is -0.508 e. The molecule has 0 aliphatic heterocycles. The number of aromatic hydroxyl groups is 1. The smallest absolute Gasteiger partial charge is 0.325 e. The van der Waals surface area contributed by atoms with Gasteiger partial charge in [0.05, 0.1) is 4.90 Å². The Balaban J connectivity index is 0.000000273. The second-order valence-electron chi connectivity index (χ2n) is 5.16. The standard InChI is InChI=1S/C11H13NO3.C7H8O3S/c1-2-7-15-11(14)8-12-9-3-5-10(13)6-4-9;1-6-2-4-7(5-3-6)11(8,9)10/h2-6,12-13H,1,7-8H2;2-5H,1H3,(H,8,9,10). The average Bonchev–Trinajstić information content (AvgIpc) is 2.59. The minimum atomic E-state index is -4.02. The molecule has 0 heterocycles. The second-order valence-corrected chi connectivity index (χ2v) is 6.58. The van der Waals surface area contributed by atoms with E-state index < -0.39 is 10.1 Å². The lowest BCUT2D eigenvalue weighted by Crippen LogP contribution is -2.16. The van der Waals surface area contributed by atoms with Gasteiger partial charge in [0.2, 0.25) is 0 Å². The summed E-state index contributed by atoms with van der Waals surface area (Å²) in [4.78, 5) is 11.0. The molecule has 2 aromatic rings. The Morgan fingerprint density at radius 1 is 1.15 bits per heavy atom. The van der Waals surface area contributed by atoms with E-state index >= 15 is 0 Å². The molecule has 0 aliphatic rings. The van der Waals surface area contributed by atoms with Gasteiger partial charge in [0, 0.05) is 5.69 Å². The molecule has 0 aliphatic carbocycles. The Morgan fingerprint density at radius 2 is 1.73 bits per heavy atom. The van der Waals surface area contributed by atoms with Crippen LogP contribution >= 0.6 is 0 Å². The number of nitrogens with one attached hydrogen (secondary N) is 1. The molecular formula is C18H21NO6S. The van der Waals surface area contributed by atoms with Gasteiger partial charge < -0.3 is 15.2 Å². The summed E-state index contributed by atoms with van der Waals surface area (Å²) < 4.78 is 34.3.